The van der Waals surface area contributed by atoms with Crippen molar-refractivity contribution in [1.82, 2.24) is 0 Å². The van der Waals surface area contributed by atoms with Crippen molar-refractivity contribution in [3.05, 3.63) is 0 Å². The summed E-state index contributed by atoms with van der Waals surface area (Å²) in [6.45, 7) is 0. The SMILES string of the molecule is COB(P)I. The van der Waals surface area contributed by atoms with Gasteiger partial charge in [0.1, 0.15) is 0 Å². The van der Waals surface area contributed by atoms with Crippen molar-refractivity contribution < 1.29 is 4.65 Å². The van der Waals surface area contributed by atoms with E-state index in [0.29, 0.717) is 0 Å². The average molecular weight is 202 g/mol. The van der Waals surface area contributed by atoms with Crippen LogP contribution in [0.25, 0.3) is 0 Å². The molecule has 0 saturated heterocycles. The highest BCUT2D eigenvalue weighted by Crippen LogP contribution is 2.01. The quantitative estimate of drug-likeness (QED) is 0.349. The summed E-state index contributed by atoms with van der Waals surface area (Å²) in [4.78, 5) is 0. The lowest BCUT2D eigenvalue weighted by atomic mass is 10.5. The molecule has 0 aliphatic rings. The summed E-state index contributed by atoms with van der Waals surface area (Å²) in [6, 6.07) is 0. The third-order valence-corrected chi connectivity index (χ3v) is 1.01. The fourth-order valence-corrected chi connectivity index (χ4v) is 0. The van der Waals surface area contributed by atoms with Crippen molar-refractivity contribution in [2.45, 2.75) is 0 Å². The molecule has 0 amide bonds. The molecule has 1 nitrogen and oxygen atoms in total. The summed E-state index contributed by atoms with van der Waals surface area (Å²) < 4.78 is 4.97. The maximum absolute atomic E-state index is 4.70. The first-order valence-electron chi connectivity index (χ1n) is 1.20. The normalized spacial score (nSPS) is 7.80. The molecule has 0 aliphatic heterocycles. The molecule has 0 fully saturated rings. The lowest BCUT2D eigenvalue weighted by Crippen LogP contribution is -1.90. The van der Waals surface area contributed by atoms with Crippen molar-refractivity contribution in [3.8, 4) is 0 Å². The molecule has 1 atom stereocenters. The molecule has 0 saturated carbocycles. The fraction of sp³-hybridized carbons (Fsp3) is 1.00. The first-order chi connectivity index (χ1) is 2.27. The Balaban J connectivity index is 2.54. The van der Waals surface area contributed by atoms with E-state index in [-0.39, 0.29) is 4.49 Å². The van der Waals surface area contributed by atoms with Crippen LogP contribution >= 0.6 is 31.5 Å². The van der Waals surface area contributed by atoms with E-state index < -0.39 is 0 Å². The zero-order valence-corrected chi connectivity index (χ0v) is 6.25. The van der Waals surface area contributed by atoms with E-state index in [2.05, 4.69) is 31.5 Å². The highest BCUT2D eigenvalue weighted by molar-refractivity contribution is 14.1. The van der Waals surface area contributed by atoms with Crippen LogP contribution in [0.4, 0.5) is 0 Å². The molecule has 1 unspecified atom stereocenters. The Morgan fingerprint density at radius 3 is 2.20 bits per heavy atom. The second kappa shape index (κ2) is 3.38. The zero-order chi connectivity index (χ0) is 4.28. The standard InChI is InChI=1S/CH5BIOP/c1-4-2(3)5/h5H2,1H3. The zero-order valence-electron chi connectivity index (χ0n) is 2.94. The number of rotatable bonds is 1. The number of hydrogen-bond donors (Lipinski definition) is 0. The molecule has 0 aliphatic carbocycles. The van der Waals surface area contributed by atoms with Crippen LogP contribution in [0, 0.1) is 0 Å². The average Bonchev–Trinajstić information content (AvgIpc) is 1.38. The molecule has 0 bridgehead atoms. The van der Waals surface area contributed by atoms with Gasteiger partial charge in [-0.25, -0.2) is 0 Å². The number of halogens is 1. The molecule has 0 spiro atoms. The number of hydrogen-bond acceptors (Lipinski definition) is 1. The Kier molecular flexibility index (Phi) is 4.18. The lowest BCUT2D eigenvalue weighted by molar-refractivity contribution is 0.453. The minimum absolute atomic E-state index is 0.271. The Bertz CT molecular complexity index is 25.6. The highest BCUT2D eigenvalue weighted by Gasteiger charge is 1.92. The van der Waals surface area contributed by atoms with Crippen molar-refractivity contribution in [2.75, 3.05) is 7.11 Å². The predicted molar refractivity (Wildman–Crippen MR) is 36.5 cm³/mol. The maximum atomic E-state index is 4.70. The van der Waals surface area contributed by atoms with Crippen LogP contribution in [0.15, 0.2) is 0 Å². The van der Waals surface area contributed by atoms with E-state index in [9.17, 15) is 0 Å². The Morgan fingerprint density at radius 1 is 2.00 bits per heavy atom. The predicted octanol–water partition coefficient (Wildman–Crippen LogP) is 0.928. The molecule has 0 rings (SSSR count). The summed E-state index contributed by atoms with van der Waals surface area (Å²) in [5, 5.41) is 0. The van der Waals surface area contributed by atoms with Crippen molar-refractivity contribution in [3.63, 3.8) is 0 Å². The Hall–Kier alpha value is 1.18. The molecular weight excluding hydrogens is 197 g/mol. The van der Waals surface area contributed by atoms with Gasteiger partial charge in [0.15, 0.2) is 0 Å². The van der Waals surface area contributed by atoms with Gasteiger partial charge < -0.3 is 4.65 Å². The molecule has 0 radical (unpaired) electrons. The Labute approximate surface area is 48.0 Å². The maximum Gasteiger partial charge on any atom is 0.386 e. The minimum Gasteiger partial charge on any atom is -0.426 e. The fourth-order valence-electron chi connectivity index (χ4n) is 0. The van der Waals surface area contributed by atoms with Gasteiger partial charge >= 0.3 is 4.49 Å². The molecule has 0 aromatic carbocycles. The van der Waals surface area contributed by atoms with Crippen molar-refractivity contribution in [2.24, 2.45) is 0 Å². The van der Waals surface area contributed by atoms with Crippen molar-refractivity contribution >= 4 is 36.0 Å². The molecule has 0 N–H and O–H groups in total. The topological polar surface area (TPSA) is 9.23 Å². The van der Waals surface area contributed by atoms with Gasteiger partial charge in [0, 0.05) is 7.11 Å². The second-order valence-corrected chi connectivity index (χ2v) is 3.78. The third-order valence-electron chi connectivity index (χ3n) is 0.225. The van der Waals surface area contributed by atoms with E-state index in [4.69, 9.17) is 4.65 Å². The van der Waals surface area contributed by atoms with Gasteiger partial charge in [0.05, 0.1) is 0 Å². The molecule has 30 valence electrons. The van der Waals surface area contributed by atoms with E-state index >= 15 is 0 Å². The van der Waals surface area contributed by atoms with Gasteiger partial charge in [-0.2, -0.15) is 0 Å². The van der Waals surface area contributed by atoms with E-state index in [1.807, 2.05) is 0 Å². The summed E-state index contributed by atoms with van der Waals surface area (Å²) >= 11 is 2.15. The van der Waals surface area contributed by atoms with Crippen LogP contribution in [0.2, 0.25) is 0 Å². The first kappa shape index (κ1) is 6.18. The van der Waals surface area contributed by atoms with Crippen molar-refractivity contribution in [1.29, 1.82) is 0 Å². The summed E-state index contributed by atoms with van der Waals surface area (Å²) in [5.41, 5.74) is 0. The molecule has 0 heterocycles. The van der Waals surface area contributed by atoms with Gasteiger partial charge in [-0.1, -0.05) is 0 Å². The monoisotopic (exact) mass is 202 g/mol. The molecular formula is CH5BIOP. The Morgan fingerprint density at radius 2 is 2.20 bits per heavy atom. The van der Waals surface area contributed by atoms with E-state index in [1.54, 1.807) is 7.11 Å². The largest absolute Gasteiger partial charge is 0.426 e. The molecule has 5 heavy (non-hydrogen) atoms. The highest BCUT2D eigenvalue weighted by atomic mass is 127. The third kappa shape index (κ3) is 5.18. The van der Waals surface area contributed by atoms with E-state index in [0.717, 1.165) is 0 Å². The molecule has 4 heteroatoms. The van der Waals surface area contributed by atoms with Gasteiger partial charge in [0.25, 0.3) is 0 Å². The van der Waals surface area contributed by atoms with Crippen LogP contribution in [0.3, 0.4) is 0 Å². The summed E-state index contributed by atoms with van der Waals surface area (Å²) in [5.74, 6) is 0. The van der Waals surface area contributed by atoms with Crippen LogP contribution in [-0.4, -0.2) is 11.6 Å². The summed E-state index contributed by atoms with van der Waals surface area (Å²) in [6.07, 6.45) is 0. The second-order valence-electron chi connectivity index (χ2n) is 0.587. The van der Waals surface area contributed by atoms with Gasteiger partial charge in [-0.05, 0) is 0 Å². The van der Waals surface area contributed by atoms with Crippen LogP contribution < -0.4 is 0 Å². The van der Waals surface area contributed by atoms with E-state index in [1.165, 1.54) is 0 Å². The van der Waals surface area contributed by atoms with Gasteiger partial charge in [-0.3, -0.25) is 0 Å². The minimum atomic E-state index is 0.271. The van der Waals surface area contributed by atoms with Gasteiger partial charge in [-0.15, -0.1) is 31.5 Å². The molecule has 0 aromatic heterocycles. The van der Waals surface area contributed by atoms with Crippen LogP contribution in [0.5, 0.6) is 0 Å². The lowest BCUT2D eigenvalue weighted by Gasteiger charge is -1.86. The smallest absolute Gasteiger partial charge is 0.386 e. The first-order valence-corrected chi connectivity index (χ1v) is 3.11. The van der Waals surface area contributed by atoms with Gasteiger partial charge in [0.2, 0.25) is 0 Å². The van der Waals surface area contributed by atoms with Crippen LogP contribution in [0.1, 0.15) is 0 Å². The van der Waals surface area contributed by atoms with Crippen LogP contribution in [-0.2, 0) is 4.65 Å². The molecule has 0 aromatic rings. The summed E-state index contributed by atoms with van der Waals surface area (Å²) in [7, 11) is 4.17.